The molecule has 0 saturated carbocycles. The number of carbonyl (C=O) groups excluding carboxylic acids is 6. The Bertz CT molecular complexity index is 2370. The fourth-order valence-corrected chi connectivity index (χ4v) is 7.57. The van der Waals surface area contributed by atoms with E-state index >= 15 is 0 Å². The fourth-order valence-electron chi connectivity index (χ4n) is 6.82. The van der Waals surface area contributed by atoms with Crippen molar-refractivity contribution < 1.29 is 48.5 Å². The molecule has 0 saturated heterocycles. The minimum Gasteiger partial charge on any atom is -0.480 e. The maximum atomic E-state index is 14.5. The summed E-state index contributed by atoms with van der Waals surface area (Å²) in [6, 6.07) is 27.1. The Labute approximate surface area is 360 Å². The Balaban J connectivity index is 1.34. The van der Waals surface area contributed by atoms with Gasteiger partial charge in [-0.15, -0.1) is 11.3 Å². The number of anilines is 1. The normalized spacial score (nSPS) is 20.4. The molecule has 2 aliphatic heterocycles. The topological polar surface area (TPSA) is 229 Å². The number of rotatable bonds is 9. The van der Waals surface area contributed by atoms with E-state index in [2.05, 4.69) is 26.6 Å². The number of aliphatic carboxylic acids is 1. The zero-order valence-corrected chi connectivity index (χ0v) is 34.4. The molecule has 0 aliphatic carbocycles. The number of aliphatic hydroxyl groups is 1. The lowest BCUT2D eigenvalue weighted by Gasteiger charge is -2.26. The van der Waals surface area contributed by atoms with E-state index in [9.17, 15) is 43.8 Å². The van der Waals surface area contributed by atoms with Gasteiger partial charge in [-0.05, 0) is 63.5 Å². The van der Waals surface area contributed by atoms with Gasteiger partial charge in [-0.25, -0.2) is 9.59 Å². The molecule has 2 aliphatic rings. The number of esters is 1. The maximum Gasteiger partial charge on any atom is 0.337 e. The summed E-state index contributed by atoms with van der Waals surface area (Å²) in [6.45, 7) is 0. The van der Waals surface area contributed by atoms with Crippen LogP contribution < -0.4 is 26.6 Å². The molecule has 62 heavy (non-hydrogen) atoms. The van der Waals surface area contributed by atoms with E-state index in [1.165, 1.54) is 30.6 Å². The van der Waals surface area contributed by atoms with Crippen molar-refractivity contribution >= 4 is 58.5 Å². The average molecular weight is 860 g/mol. The highest BCUT2D eigenvalue weighted by atomic mass is 32.1. The second-order valence-corrected chi connectivity index (χ2v) is 15.7. The number of carboxylic acid groups (broad SMARTS) is 1. The van der Waals surface area contributed by atoms with Crippen molar-refractivity contribution in [3.05, 3.63) is 148 Å². The van der Waals surface area contributed by atoms with Crippen LogP contribution in [0, 0.1) is 0 Å². The monoisotopic (exact) mass is 859 g/mol. The predicted octanol–water partition coefficient (Wildman–Crippen LogP) is 3.20. The van der Waals surface area contributed by atoms with Crippen LogP contribution in [0.5, 0.6) is 0 Å². The maximum absolute atomic E-state index is 14.5. The molecule has 1 aromatic heterocycles. The Morgan fingerprint density at radius 2 is 1.19 bits per heavy atom. The number of nitrogens with one attached hydrogen (secondary N) is 5. The number of thiophene rings is 1. The molecule has 16 heteroatoms. The smallest absolute Gasteiger partial charge is 0.337 e. The van der Waals surface area contributed by atoms with Gasteiger partial charge in [-0.2, -0.15) is 0 Å². The Kier molecular flexibility index (Phi) is 14.9. The molecule has 0 radical (unpaired) electrons. The molecule has 0 unspecified atom stereocenters. The summed E-state index contributed by atoms with van der Waals surface area (Å²) in [4.78, 5) is 94.1. The first kappa shape index (κ1) is 44.4. The van der Waals surface area contributed by atoms with Crippen LogP contribution in [0.4, 0.5) is 5.69 Å². The van der Waals surface area contributed by atoms with E-state index in [1.54, 1.807) is 96.4 Å². The highest BCUT2D eigenvalue weighted by molar-refractivity contribution is 7.09. The van der Waals surface area contributed by atoms with Gasteiger partial charge in [0.2, 0.25) is 23.6 Å². The van der Waals surface area contributed by atoms with E-state index < -0.39 is 78.2 Å². The van der Waals surface area contributed by atoms with E-state index in [1.807, 2.05) is 12.1 Å². The molecule has 320 valence electrons. The van der Waals surface area contributed by atoms with E-state index in [0.717, 1.165) is 16.0 Å². The standard InChI is InChI=1S/C46H45N5O10S/c1-61-46(60)32-17-15-31(16-18-32)30-13-9-28(10-14-30)23-36-41(54)49-35(22-27-6-3-2-4-7-27)42(55)51-38(45(58)59)24-29-11-19-33(20-12-29)47-44(57)39(52)26-40(53)48-37(43(56)50-36)25-34-8-5-21-62-34/h2-21,35-39,52H,22-26H2,1H3,(H,47,57)(H,48,53)(H,49,54)(H,50,56)(H,51,55)(H,58,59)/t35-,36+,37-,38+,39-/m1/s1. The van der Waals surface area contributed by atoms with Crippen LogP contribution >= 0.6 is 11.3 Å². The zero-order valence-electron chi connectivity index (χ0n) is 33.5. The zero-order chi connectivity index (χ0) is 44.2. The number of benzene rings is 4. The van der Waals surface area contributed by atoms with Crippen LogP contribution in [0.15, 0.2) is 121 Å². The first-order chi connectivity index (χ1) is 29.8. The number of hydrogen-bond donors (Lipinski definition) is 7. The molecule has 7 N–H and O–H groups in total. The molecule has 2 bridgehead atoms. The molecule has 15 nitrogen and oxygen atoms in total. The summed E-state index contributed by atoms with van der Waals surface area (Å²) < 4.78 is 4.79. The lowest BCUT2D eigenvalue weighted by atomic mass is 9.98. The van der Waals surface area contributed by atoms with Gasteiger partial charge in [0.1, 0.15) is 30.3 Å². The minimum atomic E-state index is -1.80. The van der Waals surface area contributed by atoms with E-state index in [-0.39, 0.29) is 31.4 Å². The van der Waals surface area contributed by atoms with E-state index in [4.69, 9.17) is 4.74 Å². The van der Waals surface area contributed by atoms with Crippen molar-refractivity contribution in [1.82, 2.24) is 21.3 Å². The lowest BCUT2D eigenvalue weighted by Crippen LogP contribution is -2.59. The SMILES string of the molecule is COC(=O)c1ccc(-c2ccc(C[C@@H]3NC(=O)[C@@H](Cc4cccs4)NC(=O)C[C@@H](O)C(=O)Nc4ccc(cc4)C[C@@H](C(=O)O)NC(=O)[C@@H](Cc4ccccc4)NC3=O)cc2)cc1. The summed E-state index contributed by atoms with van der Waals surface area (Å²) in [6.07, 6.45) is -2.73. The first-order valence-corrected chi connectivity index (χ1v) is 20.6. The van der Waals surface area contributed by atoms with E-state index in [0.29, 0.717) is 22.3 Å². The highest BCUT2D eigenvalue weighted by Crippen LogP contribution is 2.22. The second-order valence-electron chi connectivity index (χ2n) is 14.7. The molecule has 5 atom stereocenters. The molecule has 4 aromatic carbocycles. The predicted molar refractivity (Wildman–Crippen MR) is 230 cm³/mol. The van der Waals surface area contributed by atoms with Gasteiger partial charge in [-0.3, -0.25) is 24.0 Å². The number of carboxylic acids is 1. The van der Waals surface area contributed by atoms with Gasteiger partial charge in [0.05, 0.1) is 19.1 Å². The third-order valence-electron chi connectivity index (χ3n) is 10.2. The van der Waals surface area contributed by atoms with Crippen LogP contribution in [0.25, 0.3) is 11.1 Å². The van der Waals surface area contributed by atoms with Gasteiger partial charge in [-0.1, -0.05) is 84.9 Å². The van der Waals surface area contributed by atoms with Crippen LogP contribution in [0.1, 0.15) is 38.3 Å². The molecule has 3 heterocycles. The third-order valence-corrected chi connectivity index (χ3v) is 11.1. The largest absolute Gasteiger partial charge is 0.480 e. The molecular weight excluding hydrogens is 815 g/mol. The third kappa shape index (κ3) is 12.2. The van der Waals surface area contributed by atoms with Crippen molar-refractivity contribution in [3.8, 4) is 11.1 Å². The van der Waals surface area contributed by atoms with Crippen molar-refractivity contribution in [2.75, 3.05) is 12.4 Å². The van der Waals surface area contributed by atoms with Crippen molar-refractivity contribution in [3.63, 3.8) is 0 Å². The van der Waals surface area contributed by atoms with Gasteiger partial charge in [0.25, 0.3) is 5.91 Å². The number of carbonyl (C=O) groups is 7. The average Bonchev–Trinajstić information content (AvgIpc) is 3.79. The number of hydrogen-bond acceptors (Lipinski definition) is 10. The summed E-state index contributed by atoms with van der Waals surface area (Å²) in [5.74, 6) is -5.80. The van der Waals surface area contributed by atoms with Gasteiger partial charge in [0.15, 0.2) is 0 Å². The van der Waals surface area contributed by atoms with Crippen molar-refractivity contribution in [1.29, 1.82) is 0 Å². The number of amides is 5. The molecule has 0 spiro atoms. The number of ether oxygens (including phenoxy) is 1. The van der Waals surface area contributed by atoms with Gasteiger partial charge >= 0.3 is 11.9 Å². The summed E-state index contributed by atoms with van der Waals surface area (Å²) >= 11 is 1.34. The van der Waals surface area contributed by atoms with Crippen LogP contribution in [0.3, 0.4) is 0 Å². The number of aliphatic hydroxyl groups excluding tert-OH is 1. The van der Waals surface area contributed by atoms with Crippen LogP contribution in [0.2, 0.25) is 0 Å². The molecule has 7 rings (SSSR count). The number of methoxy groups -OCH3 is 1. The van der Waals surface area contributed by atoms with Crippen LogP contribution in [-0.2, 0) is 59.2 Å². The Morgan fingerprint density at radius 3 is 1.76 bits per heavy atom. The summed E-state index contributed by atoms with van der Waals surface area (Å²) in [5, 5.41) is 35.9. The second kappa shape index (κ2) is 20.9. The summed E-state index contributed by atoms with van der Waals surface area (Å²) in [5.41, 5.74) is 4.01. The molecule has 5 aromatic rings. The van der Waals surface area contributed by atoms with Gasteiger partial charge < -0.3 is 41.5 Å². The lowest BCUT2D eigenvalue weighted by molar-refractivity contribution is -0.142. The molecule has 5 amide bonds. The Hall–Kier alpha value is -7.17. The Morgan fingerprint density at radius 1 is 0.629 bits per heavy atom. The fraction of sp³-hybridized carbons (Fsp3) is 0.239. The van der Waals surface area contributed by atoms with Crippen LogP contribution in [-0.4, -0.2) is 89.1 Å². The van der Waals surface area contributed by atoms with Crippen molar-refractivity contribution in [2.24, 2.45) is 0 Å². The van der Waals surface area contributed by atoms with Crippen molar-refractivity contribution in [2.45, 2.75) is 62.4 Å². The molecule has 0 fully saturated rings. The summed E-state index contributed by atoms with van der Waals surface area (Å²) in [7, 11) is 1.30. The highest BCUT2D eigenvalue weighted by Gasteiger charge is 2.33. The minimum absolute atomic E-state index is 0.0112. The number of fused-ring (bicyclic) bond motifs is 18. The van der Waals surface area contributed by atoms with Gasteiger partial charge in [0, 0.05) is 36.2 Å². The molecular formula is C46H45N5O10S. The quantitative estimate of drug-likeness (QED) is 0.0846. The first-order valence-electron chi connectivity index (χ1n) is 19.7.